The van der Waals surface area contributed by atoms with Crippen LogP contribution < -0.4 is 10.6 Å². The lowest BCUT2D eigenvalue weighted by Gasteiger charge is -2.14. The van der Waals surface area contributed by atoms with Crippen LogP contribution in [0.2, 0.25) is 0 Å². The molecule has 0 aliphatic rings. The van der Waals surface area contributed by atoms with E-state index in [0.717, 1.165) is 11.5 Å². The zero-order valence-corrected chi connectivity index (χ0v) is 15.4. The van der Waals surface area contributed by atoms with Crippen LogP contribution in [0.5, 0.6) is 0 Å². The van der Waals surface area contributed by atoms with Gasteiger partial charge in [-0.15, -0.1) is 0 Å². The van der Waals surface area contributed by atoms with E-state index in [9.17, 15) is 4.39 Å². The Balaban J connectivity index is 1.92. The van der Waals surface area contributed by atoms with Gasteiger partial charge in [0, 0.05) is 32.2 Å². The normalized spacial score (nSPS) is 11.7. The van der Waals surface area contributed by atoms with Gasteiger partial charge in [0.1, 0.15) is 5.82 Å². The van der Waals surface area contributed by atoms with Crippen molar-refractivity contribution >= 4 is 5.96 Å². The van der Waals surface area contributed by atoms with Gasteiger partial charge in [-0.1, -0.05) is 35.9 Å². The quantitative estimate of drug-likeness (QED) is 0.626. The van der Waals surface area contributed by atoms with Crippen molar-refractivity contribution in [2.24, 2.45) is 4.99 Å². The van der Waals surface area contributed by atoms with Crippen LogP contribution in [0.15, 0.2) is 47.5 Å². The van der Waals surface area contributed by atoms with Crippen molar-refractivity contribution in [3.63, 3.8) is 0 Å². The standard InChI is InChI=1S/C20H27FN4/c1-15-6-5-7-16(10-15)12-23-20(22-2)24-13-17-8-9-19(21)18(11-17)14-25(3)4/h5-11H,12-14H2,1-4H3,(H2,22,23,24). The summed E-state index contributed by atoms with van der Waals surface area (Å²) in [5.41, 5.74) is 4.17. The van der Waals surface area contributed by atoms with E-state index in [1.807, 2.05) is 31.1 Å². The van der Waals surface area contributed by atoms with Gasteiger partial charge < -0.3 is 15.5 Å². The molecule has 4 nitrogen and oxygen atoms in total. The van der Waals surface area contributed by atoms with E-state index in [2.05, 4.69) is 40.7 Å². The Morgan fingerprint density at radius 2 is 1.72 bits per heavy atom. The molecule has 0 aliphatic heterocycles. The number of rotatable bonds is 6. The zero-order chi connectivity index (χ0) is 18.2. The van der Waals surface area contributed by atoms with Gasteiger partial charge in [0.2, 0.25) is 0 Å². The molecule has 0 unspecified atom stereocenters. The second-order valence-electron chi connectivity index (χ2n) is 6.43. The molecule has 2 aromatic rings. The Morgan fingerprint density at radius 1 is 1.04 bits per heavy atom. The van der Waals surface area contributed by atoms with E-state index in [-0.39, 0.29) is 5.82 Å². The summed E-state index contributed by atoms with van der Waals surface area (Å²) in [7, 11) is 5.61. The summed E-state index contributed by atoms with van der Waals surface area (Å²) < 4.78 is 13.9. The number of nitrogens with zero attached hydrogens (tertiary/aromatic N) is 2. The zero-order valence-electron chi connectivity index (χ0n) is 15.4. The van der Waals surface area contributed by atoms with Crippen LogP contribution in [-0.4, -0.2) is 32.0 Å². The molecular weight excluding hydrogens is 315 g/mol. The molecule has 0 amide bonds. The van der Waals surface area contributed by atoms with Gasteiger partial charge in [-0.25, -0.2) is 4.39 Å². The first kappa shape index (κ1) is 18.9. The van der Waals surface area contributed by atoms with Crippen molar-refractivity contribution < 1.29 is 4.39 Å². The third-order valence-corrected chi connectivity index (χ3v) is 3.82. The van der Waals surface area contributed by atoms with Crippen LogP contribution >= 0.6 is 0 Å². The highest BCUT2D eigenvalue weighted by Crippen LogP contribution is 2.12. The number of benzene rings is 2. The summed E-state index contributed by atoms with van der Waals surface area (Å²) in [4.78, 5) is 6.20. The Bertz CT molecular complexity index is 725. The van der Waals surface area contributed by atoms with Gasteiger partial charge in [-0.05, 0) is 44.3 Å². The third-order valence-electron chi connectivity index (χ3n) is 3.82. The van der Waals surface area contributed by atoms with Crippen molar-refractivity contribution in [1.29, 1.82) is 0 Å². The van der Waals surface area contributed by atoms with Crippen molar-refractivity contribution in [2.75, 3.05) is 21.1 Å². The number of aryl methyl sites for hydroxylation is 1. The molecule has 2 rings (SSSR count). The number of guanidine groups is 1. The van der Waals surface area contributed by atoms with E-state index < -0.39 is 0 Å². The van der Waals surface area contributed by atoms with Gasteiger partial charge >= 0.3 is 0 Å². The molecule has 0 radical (unpaired) electrons. The second-order valence-corrected chi connectivity index (χ2v) is 6.43. The summed E-state index contributed by atoms with van der Waals surface area (Å²) in [6, 6.07) is 13.6. The number of hydrogen-bond donors (Lipinski definition) is 2. The average molecular weight is 342 g/mol. The fourth-order valence-electron chi connectivity index (χ4n) is 2.61. The van der Waals surface area contributed by atoms with E-state index in [1.165, 1.54) is 17.2 Å². The Morgan fingerprint density at radius 3 is 2.32 bits per heavy atom. The smallest absolute Gasteiger partial charge is 0.191 e. The van der Waals surface area contributed by atoms with Crippen LogP contribution in [0.1, 0.15) is 22.3 Å². The van der Waals surface area contributed by atoms with E-state index in [0.29, 0.717) is 25.2 Å². The largest absolute Gasteiger partial charge is 0.352 e. The van der Waals surface area contributed by atoms with Gasteiger partial charge in [-0.2, -0.15) is 0 Å². The second kappa shape index (κ2) is 9.18. The molecule has 0 fully saturated rings. The molecule has 0 saturated carbocycles. The fraction of sp³-hybridized carbons (Fsp3) is 0.350. The van der Waals surface area contributed by atoms with Gasteiger partial charge in [-0.3, -0.25) is 4.99 Å². The SMILES string of the molecule is CN=C(NCc1cccc(C)c1)NCc1ccc(F)c(CN(C)C)c1. The predicted octanol–water partition coefficient (Wildman–Crippen LogP) is 3.06. The Labute approximate surface area is 149 Å². The summed E-state index contributed by atoms with van der Waals surface area (Å²) in [5, 5.41) is 6.57. The van der Waals surface area contributed by atoms with E-state index >= 15 is 0 Å². The van der Waals surface area contributed by atoms with Gasteiger partial charge in [0.15, 0.2) is 5.96 Å². The highest BCUT2D eigenvalue weighted by atomic mass is 19.1. The van der Waals surface area contributed by atoms with Gasteiger partial charge in [0.25, 0.3) is 0 Å². The average Bonchev–Trinajstić information content (AvgIpc) is 2.57. The number of aliphatic imine (C=N–C) groups is 1. The maximum Gasteiger partial charge on any atom is 0.191 e. The summed E-state index contributed by atoms with van der Waals surface area (Å²) in [5.74, 6) is 0.555. The van der Waals surface area contributed by atoms with Gasteiger partial charge in [0.05, 0.1) is 0 Å². The number of halogens is 1. The van der Waals surface area contributed by atoms with Crippen LogP contribution in [0.25, 0.3) is 0 Å². The molecule has 25 heavy (non-hydrogen) atoms. The molecule has 0 saturated heterocycles. The Hall–Kier alpha value is -2.40. The minimum absolute atomic E-state index is 0.167. The highest BCUT2D eigenvalue weighted by Gasteiger charge is 2.06. The number of hydrogen-bond acceptors (Lipinski definition) is 2. The monoisotopic (exact) mass is 342 g/mol. The van der Waals surface area contributed by atoms with Crippen LogP contribution in [0, 0.1) is 12.7 Å². The predicted molar refractivity (Wildman–Crippen MR) is 102 cm³/mol. The first-order valence-corrected chi connectivity index (χ1v) is 8.40. The highest BCUT2D eigenvalue weighted by molar-refractivity contribution is 5.79. The Kier molecular flexibility index (Phi) is 6.95. The molecule has 0 bridgehead atoms. The maximum absolute atomic E-state index is 13.9. The first-order valence-electron chi connectivity index (χ1n) is 8.40. The third kappa shape index (κ3) is 6.19. The molecule has 0 aromatic heterocycles. The van der Waals surface area contributed by atoms with Crippen LogP contribution in [0.4, 0.5) is 4.39 Å². The minimum atomic E-state index is -0.167. The molecule has 0 spiro atoms. The summed E-state index contributed by atoms with van der Waals surface area (Å²) in [6.07, 6.45) is 0. The number of nitrogens with one attached hydrogen (secondary N) is 2. The van der Waals surface area contributed by atoms with Crippen molar-refractivity contribution in [2.45, 2.75) is 26.6 Å². The molecular formula is C20H27FN4. The lowest BCUT2D eigenvalue weighted by molar-refractivity contribution is 0.392. The van der Waals surface area contributed by atoms with E-state index in [4.69, 9.17) is 0 Å². The lowest BCUT2D eigenvalue weighted by Crippen LogP contribution is -2.36. The molecule has 2 N–H and O–H groups in total. The van der Waals surface area contributed by atoms with Crippen LogP contribution in [-0.2, 0) is 19.6 Å². The minimum Gasteiger partial charge on any atom is -0.352 e. The molecule has 0 atom stereocenters. The molecule has 0 heterocycles. The van der Waals surface area contributed by atoms with E-state index in [1.54, 1.807) is 13.1 Å². The fourth-order valence-corrected chi connectivity index (χ4v) is 2.61. The maximum atomic E-state index is 13.9. The van der Waals surface area contributed by atoms with Crippen molar-refractivity contribution in [3.05, 3.63) is 70.5 Å². The van der Waals surface area contributed by atoms with Crippen molar-refractivity contribution in [1.82, 2.24) is 15.5 Å². The summed E-state index contributed by atoms with van der Waals surface area (Å²) >= 11 is 0. The summed E-state index contributed by atoms with van der Waals surface area (Å²) in [6.45, 7) is 3.96. The lowest BCUT2D eigenvalue weighted by atomic mass is 10.1. The molecule has 2 aromatic carbocycles. The molecule has 5 heteroatoms. The van der Waals surface area contributed by atoms with Crippen LogP contribution in [0.3, 0.4) is 0 Å². The topological polar surface area (TPSA) is 39.7 Å². The molecule has 134 valence electrons. The molecule has 0 aliphatic carbocycles. The first-order chi connectivity index (χ1) is 12.0. The van der Waals surface area contributed by atoms with Crippen molar-refractivity contribution in [3.8, 4) is 0 Å².